The number of aliphatic hydroxyl groups is 1. The largest absolute Gasteiger partial charge is 0.394 e. The third-order valence-electron chi connectivity index (χ3n) is 2.95. The van der Waals surface area contributed by atoms with Crippen molar-refractivity contribution in [3.8, 4) is 0 Å². The number of benzene rings is 1. The van der Waals surface area contributed by atoms with Crippen LogP contribution >= 0.6 is 11.6 Å². The number of amides is 1. The summed E-state index contributed by atoms with van der Waals surface area (Å²) in [5.74, 6) is -0.125. The molecule has 3 N–H and O–H groups in total. The fourth-order valence-corrected chi connectivity index (χ4v) is 2.10. The summed E-state index contributed by atoms with van der Waals surface area (Å²) >= 11 is 5.97. The van der Waals surface area contributed by atoms with Gasteiger partial charge in [0, 0.05) is 22.1 Å². The zero-order valence-corrected chi connectivity index (χ0v) is 11.7. The minimum Gasteiger partial charge on any atom is -0.394 e. The molecule has 0 bridgehead atoms. The van der Waals surface area contributed by atoms with Gasteiger partial charge in [0.1, 0.15) is 0 Å². The molecule has 4 nitrogen and oxygen atoms in total. The number of aromatic amines is 1. The SMILES string of the molecule is CC(C)(CO)NC(=O)Cc1c[nH]c2ccc(Cl)cc12. The van der Waals surface area contributed by atoms with E-state index >= 15 is 0 Å². The van der Waals surface area contributed by atoms with Gasteiger partial charge in [0.05, 0.1) is 18.6 Å². The van der Waals surface area contributed by atoms with Crippen molar-refractivity contribution in [2.75, 3.05) is 6.61 Å². The third kappa shape index (κ3) is 3.28. The molecule has 1 heterocycles. The number of aromatic nitrogens is 1. The molecule has 0 fully saturated rings. The molecular weight excluding hydrogens is 264 g/mol. The highest BCUT2D eigenvalue weighted by atomic mass is 35.5. The van der Waals surface area contributed by atoms with Gasteiger partial charge in [-0.25, -0.2) is 0 Å². The number of hydrogen-bond donors (Lipinski definition) is 3. The van der Waals surface area contributed by atoms with Gasteiger partial charge in [-0.15, -0.1) is 0 Å². The van der Waals surface area contributed by atoms with Crippen molar-refractivity contribution < 1.29 is 9.90 Å². The first kappa shape index (κ1) is 13.9. The summed E-state index contributed by atoms with van der Waals surface area (Å²) in [6.07, 6.45) is 2.07. The number of carbonyl (C=O) groups is 1. The molecule has 2 rings (SSSR count). The highest BCUT2D eigenvalue weighted by molar-refractivity contribution is 6.31. The van der Waals surface area contributed by atoms with Crippen LogP contribution in [0.5, 0.6) is 0 Å². The summed E-state index contributed by atoms with van der Waals surface area (Å²) < 4.78 is 0. The second kappa shape index (κ2) is 5.23. The molecular formula is C14H17ClN2O2. The monoisotopic (exact) mass is 280 g/mol. The Balaban J connectivity index is 2.17. The summed E-state index contributed by atoms with van der Waals surface area (Å²) in [6.45, 7) is 3.45. The van der Waals surface area contributed by atoms with Gasteiger partial charge < -0.3 is 15.4 Å². The Morgan fingerprint density at radius 3 is 2.89 bits per heavy atom. The van der Waals surface area contributed by atoms with Gasteiger partial charge in [-0.3, -0.25) is 4.79 Å². The summed E-state index contributed by atoms with van der Waals surface area (Å²) in [5.41, 5.74) is 1.23. The highest BCUT2D eigenvalue weighted by Crippen LogP contribution is 2.22. The molecule has 0 aliphatic heterocycles. The van der Waals surface area contributed by atoms with Crippen LogP contribution in [0.4, 0.5) is 0 Å². The van der Waals surface area contributed by atoms with Gasteiger partial charge in [0.15, 0.2) is 0 Å². The summed E-state index contributed by atoms with van der Waals surface area (Å²) in [7, 11) is 0. The fraction of sp³-hybridized carbons (Fsp3) is 0.357. The fourth-order valence-electron chi connectivity index (χ4n) is 1.93. The Kier molecular flexibility index (Phi) is 3.83. The van der Waals surface area contributed by atoms with Crippen LogP contribution in [-0.2, 0) is 11.2 Å². The zero-order chi connectivity index (χ0) is 14.0. The van der Waals surface area contributed by atoms with Crippen LogP contribution in [0.3, 0.4) is 0 Å². The zero-order valence-electron chi connectivity index (χ0n) is 11.0. The highest BCUT2D eigenvalue weighted by Gasteiger charge is 2.19. The van der Waals surface area contributed by atoms with E-state index in [1.165, 1.54) is 0 Å². The third-order valence-corrected chi connectivity index (χ3v) is 3.19. The van der Waals surface area contributed by atoms with E-state index in [0.29, 0.717) is 5.02 Å². The van der Waals surface area contributed by atoms with Gasteiger partial charge in [0.25, 0.3) is 0 Å². The number of carbonyl (C=O) groups excluding carboxylic acids is 1. The van der Waals surface area contributed by atoms with Crippen LogP contribution in [0.25, 0.3) is 10.9 Å². The van der Waals surface area contributed by atoms with Gasteiger partial charge >= 0.3 is 0 Å². The molecule has 5 heteroatoms. The quantitative estimate of drug-likeness (QED) is 0.804. The number of fused-ring (bicyclic) bond motifs is 1. The maximum atomic E-state index is 11.9. The normalized spacial score (nSPS) is 11.8. The number of H-pyrrole nitrogens is 1. The standard InChI is InChI=1S/C14H17ClN2O2/c1-14(2,8-18)17-13(19)5-9-7-16-12-4-3-10(15)6-11(9)12/h3-4,6-7,16,18H,5,8H2,1-2H3,(H,17,19). The lowest BCUT2D eigenvalue weighted by molar-refractivity contribution is -0.122. The van der Waals surface area contributed by atoms with Crippen LogP contribution in [0.15, 0.2) is 24.4 Å². The van der Waals surface area contributed by atoms with Crippen molar-refractivity contribution in [3.63, 3.8) is 0 Å². The van der Waals surface area contributed by atoms with Crippen molar-refractivity contribution in [2.45, 2.75) is 25.8 Å². The number of rotatable bonds is 4. The molecule has 0 radical (unpaired) electrons. The average molecular weight is 281 g/mol. The molecule has 1 aromatic heterocycles. The van der Waals surface area contributed by atoms with Gasteiger partial charge in [-0.1, -0.05) is 11.6 Å². The molecule has 0 aliphatic carbocycles. The van der Waals surface area contributed by atoms with E-state index in [2.05, 4.69) is 10.3 Å². The molecule has 1 amide bonds. The van der Waals surface area contributed by atoms with Crippen LogP contribution in [-0.4, -0.2) is 28.1 Å². The maximum absolute atomic E-state index is 11.9. The number of hydrogen-bond acceptors (Lipinski definition) is 2. The first-order chi connectivity index (χ1) is 8.91. The minimum absolute atomic E-state index is 0.0988. The molecule has 0 spiro atoms. The molecule has 0 aliphatic rings. The first-order valence-electron chi connectivity index (χ1n) is 6.09. The second-order valence-corrected chi connectivity index (χ2v) is 5.71. The smallest absolute Gasteiger partial charge is 0.224 e. The van der Waals surface area contributed by atoms with Gasteiger partial charge in [-0.05, 0) is 37.6 Å². The molecule has 0 saturated heterocycles. The minimum atomic E-state index is -0.610. The molecule has 19 heavy (non-hydrogen) atoms. The molecule has 102 valence electrons. The summed E-state index contributed by atoms with van der Waals surface area (Å²) in [4.78, 5) is 15.1. The molecule has 2 aromatic rings. The Bertz CT molecular complexity index is 605. The number of aliphatic hydroxyl groups excluding tert-OH is 1. The van der Waals surface area contributed by atoms with E-state index in [1.54, 1.807) is 19.9 Å². The number of halogens is 1. The van der Waals surface area contributed by atoms with Crippen LogP contribution in [0.1, 0.15) is 19.4 Å². The van der Waals surface area contributed by atoms with E-state index in [-0.39, 0.29) is 18.9 Å². The summed E-state index contributed by atoms with van der Waals surface area (Å²) in [5, 5.41) is 13.5. The predicted octanol–water partition coefficient (Wildman–Crippen LogP) is 2.25. The average Bonchev–Trinajstić information content (AvgIpc) is 2.71. The Morgan fingerprint density at radius 1 is 1.47 bits per heavy atom. The Morgan fingerprint density at radius 2 is 2.21 bits per heavy atom. The van der Waals surface area contributed by atoms with Crippen LogP contribution in [0.2, 0.25) is 5.02 Å². The molecule has 1 aromatic carbocycles. The Labute approximate surface area is 116 Å². The first-order valence-corrected chi connectivity index (χ1v) is 6.46. The van der Waals surface area contributed by atoms with Gasteiger partial charge in [0.2, 0.25) is 5.91 Å². The van der Waals surface area contributed by atoms with Crippen molar-refractivity contribution in [2.24, 2.45) is 0 Å². The lowest BCUT2D eigenvalue weighted by Crippen LogP contribution is -2.46. The van der Waals surface area contributed by atoms with E-state index < -0.39 is 5.54 Å². The van der Waals surface area contributed by atoms with E-state index in [4.69, 9.17) is 16.7 Å². The second-order valence-electron chi connectivity index (χ2n) is 5.27. The molecule has 0 unspecified atom stereocenters. The van der Waals surface area contributed by atoms with Crippen molar-refractivity contribution in [1.82, 2.24) is 10.3 Å². The number of nitrogens with one attached hydrogen (secondary N) is 2. The predicted molar refractivity (Wildman–Crippen MR) is 76.3 cm³/mol. The van der Waals surface area contributed by atoms with Crippen LogP contribution < -0.4 is 5.32 Å². The lowest BCUT2D eigenvalue weighted by atomic mass is 10.1. The topological polar surface area (TPSA) is 65.1 Å². The van der Waals surface area contributed by atoms with Crippen LogP contribution in [0, 0.1) is 0 Å². The molecule has 0 atom stereocenters. The van der Waals surface area contributed by atoms with Crippen molar-refractivity contribution in [1.29, 1.82) is 0 Å². The van der Waals surface area contributed by atoms with Crippen molar-refractivity contribution in [3.05, 3.63) is 35.0 Å². The lowest BCUT2D eigenvalue weighted by Gasteiger charge is -2.23. The van der Waals surface area contributed by atoms with Crippen molar-refractivity contribution >= 4 is 28.4 Å². The van der Waals surface area contributed by atoms with E-state index in [1.807, 2.05) is 18.3 Å². The van der Waals surface area contributed by atoms with E-state index in [0.717, 1.165) is 16.5 Å². The maximum Gasteiger partial charge on any atom is 0.224 e. The van der Waals surface area contributed by atoms with Gasteiger partial charge in [-0.2, -0.15) is 0 Å². The van der Waals surface area contributed by atoms with E-state index in [9.17, 15) is 4.79 Å². The molecule has 0 saturated carbocycles. The Hall–Kier alpha value is -1.52. The summed E-state index contributed by atoms with van der Waals surface area (Å²) in [6, 6.07) is 5.53.